The van der Waals surface area contributed by atoms with Gasteiger partial charge in [-0.05, 0) is 13.0 Å². The molecule has 0 aliphatic heterocycles. The van der Waals surface area contributed by atoms with Gasteiger partial charge in [-0.3, -0.25) is 4.79 Å². The van der Waals surface area contributed by atoms with Gasteiger partial charge >= 0.3 is 0 Å². The van der Waals surface area contributed by atoms with E-state index in [1.54, 1.807) is 19.1 Å². The normalized spacial score (nSPS) is 9.94. The van der Waals surface area contributed by atoms with Crippen LogP contribution in [-0.2, 0) is 16.1 Å². The van der Waals surface area contributed by atoms with Crippen molar-refractivity contribution in [3.8, 4) is 5.75 Å². The van der Waals surface area contributed by atoms with E-state index in [1.807, 2.05) is 24.3 Å². The lowest BCUT2D eigenvalue weighted by atomic mass is 10.1. The molecule has 0 bridgehead atoms. The second-order valence-corrected chi connectivity index (χ2v) is 4.26. The summed E-state index contributed by atoms with van der Waals surface area (Å²) in [7, 11) is 3.34. The summed E-state index contributed by atoms with van der Waals surface area (Å²) in [4.78, 5) is 24.2. The molecule has 0 atom stereocenters. The van der Waals surface area contributed by atoms with Gasteiger partial charge in [-0.2, -0.15) is 0 Å². The van der Waals surface area contributed by atoms with Gasteiger partial charge in [0.05, 0.1) is 7.11 Å². The van der Waals surface area contributed by atoms with Crippen molar-refractivity contribution in [3.05, 3.63) is 29.8 Å². The third-order valence-electron chi connectivity index (χ3n) is 2.72. The third-order valence-corrected chi connectivity index (χ3v) is 2.72. The molecule has 1 aromatic rings. The van der Waals surface area contributed by atoms with Crippen LogP contribution in [0.2, 0.25) is 0 Å². The second-order valence-electron chi connectivity index (χ2n) is 4.26. The van der Waals surface area contributed by atoms with E-state index in [9.17, 15) is 9.59 Å². The van der Waals surface area contributed by atoms with Gasteiger partial charge in [-0.25, -0.2) is 0 Å². The van der Waals surface area contributed by atoms with Gasteiger partial charge in [0.15, 0.2) is 0 Å². The van der Waals surface area contributed by atoms with E-state index in [0.29, 0.717) is 13.0 Å². The van der Waals surface area contributed by atoms with Crippen molar-refractivity contribution in [2.75, 3.05) is 14.2 Å². The Labute approximate surface area is 108 Å². The summed E-state index contributed by atoms with van der Waals surface area (Å²) in [5.41, 5.74) is 0.957. The van der Waals surface area contributed by atoms with Crippen molar-refractivity contribution in [2.24, 2.45) is 0 Å². The van der Waals surface area contributed by atoms with Crippen molar-refractivity contribution >= 4 is 11.7 Å². The molecule has 0 saturated carbocycles. The Balaban J connectivity index is 2.60. The summed E-state index contributed by atoms with van der Waals surface area (Å²) >= 11 is 0. The number of carbonyl (C=O) groups excluding carboxylic acids is 2. The Morgan fingerprint density at radius 2 is 1.89 bits per heavy atom. The molecule has 0 aromatic heterocycles. The van der Waals surface area contributed by atoms with Crippen LogP contribution < -0.4 is 4.74 Å². The number of hydrogen-bond acceptors (Lipinski definition) is 3. The van der Waals surface area contributed by atoms with E-state index in [2.05, 4.69) is 0 Å². The smallest absolute Gasteiger partial charge is 0.223 e. The van der Waals surface area contributed by atoms with Gasteiger partial charge in [-0.1, -0.05) is 18.2 Å². The highest BCUT2D eigenvalue weighted by Crippen LogP contribution is 2.19. The van der Waals surface area contributed by atoms with Crippen LogP contribution >= 0.6 is 0 Å². The first-order valence-electron chi connectivity index (χ1n) is 5.90. The van der Waals surface area contributed by atoms with E-state index in [-0.39, 0.29) is 18.1 Å². The van der Waals surface area contributed by atoms with Crippen molar-refractivity contribution in [1.29, 1.82) is 0 Å². The van der Waals surface area contributed by atoms with Crippen LogP contribution in [0, 0.1) is 0 Å². The highest BCUT2D eigenvalue weighted by atomic mass is 16.5. The lowest BCUT2D eigenvalue weighted by molar-refractivity contribution is -0.132. The van der Waals surface area contributed by atoms with Crippen LogP contribution in [0.25, 0.3) is 0 Å². The quantitative estimate of drug-likeness (QED) is 0.775. The molecule has 0 spiro atoms. The molecular weight excluding hydrogens is 230 g/mol. The Hall–Kier alpha value is -1.84. The van der Waals surface area contributed by atoms with Gasteiger partial charge in [-0.15, -0.1) is 0 Å². The predicted molar refractivity (Wildman–Crippen MR) is 69.4 cm³/mol. The first-order chi connectivity index (χ1) is 8.54. The SMILES string of the molecule is COc1ccccc1CN(C)C(=O)CCC(C)=O. The molecule has 0 saturated heterocycles. The minimum absolute atomic E-state index is 0.0314. The number of carbonyl (C=O) groups is 2. The molecule has 18 heavy (non-hydrogen) atoms. The fourth-order valence-electron chi connectivity index (χ4n) is 1.65. The van der Waals surface area contributed by atoms with Crippen LogP contribution in [-0.4, -0.2) is 30.7 Å². The van der Waals surface area contributed by atoms with Crippen molar-refractivity contribution < 1.29 is 14.3 Å². The maximum atomic E-state index is 11.8. The number of ether oxygens (including phenoxy) is 1. The lowest BCUT2D eigenvalue weighted by Crippen LogP contribution is -2.26. The van der Waals surface area contributed by atoms with E-state index < -0.39 is 0 Å². The highest BCUT2D eigenvalue weighted by molar-refractivity contribution is 5.83. The maximum absolute atomic E-state index is 11.8. The van der Waals surface area contributed by atoms with Gasteiger partial charge in [0.1, 0.15) is 11.5 Å². The number of ketones is 1. The maximum Gasteiger partial charge on any atom is 0.223 e. The fourth-order valence-corrected chi connectivity index (χ4v) is 1.65. The summed E-state index contributed by atoms with van der Waals surface area (Å²) < 4.78 is 5.23. The fraction of sp³-hybridized carbons (Fsp3) is 0.429. The van der Waals surface area contributed by atoms with E-state index >= 15 is 0 Å². The average molecular weight is 249 g/mol. The third kappa shape index (κ3) is 4.20. The molecule has 4 nitrogen and oxygen atoms in total. The molecular formula is C14H19NO3. The minimum Gasteiger partial charge on any atom is -0.496 e. The molecule has 0 radical (unpaired) electrons. The van der Waals surface area contributed by atoms with Gasteiger partial charge < -0.3 is 14.4 Å². The highest BCUT2D eigenvalue weighted by Gasteiger charge is 2.12. The number of nitrogens with zero attached hydrogens (tertiary/aromatic N) is 1. The Kier molecular flexibility index (Phi) is 5.36. The van der Waals surface area contributed by atoms with Crippen LogP contribution in [0.1, 0.15) is 25.3 Å². The molecule has 98 valence electrons. The Morgan fingerprint density at radius 1 is 1.22 bits per heavy atom. The molecule has 4 heteroatoms. The first kappa shape index (κ1) is 14.2. The summed E-state index contributed by atoms with van der Waals surface area (Å²) in [6.45, 7) is 1.98. The second kappa shape index (κ2) is 6.79. The zero-order chi connectivity index (χ0) is 13.5. The molecule has 1 rings (SSSR count). The van der Waals surface area contributed by atoms with Crippen LogP contribution in [0.3, 0.4) is 0 Å². The zero-order valence-electron chi connectivity index (χ0n) is 11.1. The van der Waals surface area contributed by atoms with Crippen molar-refractivity contribution in [3.63, 3.8) is 0 Å². The number of Topliss-reactive ketones (excluding diaryl/α,β-unsaturated/α-hetero) is 1. The molecule has 1 amide bonds. The van der Waals surface area contributed by atoms with Crippen LogP contribution in [0.5, 0.6) is 5.75 Å². The molecule has 0 aliphatic rings. The topological polar surface area (TPSA) is 46.6 Å². The molecule has 0 unspecified atom stereocenters. The zero-order valence-corrected chi connectivity index (χ0v) is 11.1. The average Bonchev–Trinajstić information content (AvgIpc) is 2.36. The van der Waals surface area contributed by atoms with E-state index in [4.69, 9.17) is 4.74 Å². The van der Waals surface area contributed by atoms with E-state index in [0.717, 1.165) is 11.3 Å². The molecule has 1 aromatic carbocycles. The minimum atomic E-state index is -0.0314. The number of rotatable bonds is 6. The van der Waals surface area contributed by atoms with Crippen LogP contribution in [0.4, 0.5) is 0 Å². The van der Waals surface area contributed by atoms with Gasteiger partial charge in [0, 0.05) is 32.0 Å². The monoisotopic (exact) mass is 249 g/mol. The van der Waals surface area contributed by atoms with Gasteiger partial charge in [0.25, 0.3) is 0 Å². The number of amides is 1. The molecule has 0 aliphatic carbocycles. The van der Waals surface area contributed by atoms with Crippen LogP contribution in [0.15, 0.2) is 24.3 Å². The number of methoxy groups -OCH3 is 1. The van der Waals surface area contributed by atoms with Crippen molar-refractivity contribution in [1.82, 2.24) is 4.90 Å². The standard InChI is InChI=1S/C14H19NO3/c1-11(16)8-9-14(17)15(2)10-12-6-4-5-7-13(12)18-3/h4-7H,8-10H2,1-3H3. The molecule has 0 N–H and O–H groups in total. The summed E-state index contributed by atoms with van der Waals surface area (Å²) in [5.74, 6) is 0.772. The summed E-state index contributed by atoms with van der Waals surface area (Å²) in [5, 5.41) is 0. The summed E-state index contributed by atoms with van der Waals surface area (Å²) in [6, 6.07) is 7.59. The summed E-state index contributed by atoms with van der Waals surface area (Å²) in [6.07, 6.45) is 0.566. The molecule has 0 heterocycles. The Morgan fingerprint density at radius 3 is 2.50 bits per heavy atom. The van der Waals surface area contributed by atoms with Crippen molar-refractivity contribution in [2.45, 2.75) is 26.3 Å². The molecule has 0 fully saturated rings. The first-order valence-corrected chi connectivity index (χ1v) is 5.90. The number of hydrogen-bond donors (Lipinski definition) is 0. The number of para-hydroxylation sites is 1. The largest absolute Gasteiger partial charge is 0.496 e. The lowest BCUT2D eigenvalue weighted by Gasteiger charge is -2.18. The number of benzene rings is 1. The van der Waals surface area contributed by atoms with Gasteiger partial charge in [0.2, 0.25) is 5.91 Å². The van der Waals surface area contributed by atoms with E-state index in [1.165, 1.54) is 6.92 Å². The predicted octanol–water partition coefficient (Wildman–Crippen LogP) is 2.02. The Bertz CT molecular complexity index is 429.